The smallest absolute Gasteiger partial charge is 0.322 e. The molecule has 3 amide bonds. The van der Waals surface area contributed by atoms with Crippen LogP contribution < -0.4 is 10.6 Å². The van der Waals surface area contributed by atoms with Gasteiger partial charge in [0.05, 0.1) is 30.6 Å². The molecular weight excluding hydrogens is 382 g/mol. The fourth-order valence-corrected chi connectivity index (χ4v) is 3.29. The van der Waals surface area contributed by atoms with Crippen LogP contribution in [-0.2, 0) is 13.1 Å². The van der Waals surface area contributed by atoms with Gasteiger partial charge >= 0.3 is 6.03 Å². The molecule has 152 valence electrons. The van der Waals surface area contributed by atoms with Crippen LogP contribution in [0, 0.1) is 0 Å². The molecule has 0 spiro atoms. The van der Waals surface area contributed by atoms with E-state index < -0.39 is 6.04 Å². The molecule has 2 aromatic heterocycles. The van der Waals surface area contributed by atoms with Gasteiger partial charge in [-0.3, -0.25) is 14.8 Å². The van der Waals surface area contributed by atoms with Crippen molar-refractivity contribution < 1.29 is 14.7 Å². The van der Waals surface area contributed by atoms with Crippen molar-refractivity contribution in [3.63, 3.8) is 0 Å². The third kappa shape index (κ3) is 4.28. The number of hydrogen-bond acceptors (Lipinski definition) is 5. The van der Waals surface area contributed by atoms with E-state index in [1.165, 1.54) is 0 Å². The maximum Gasteiger partial charge on any atom is 0.322 e. The van der Waals surface area contributed by atoms with Crippen LogP contribution in [0.3, 0.4) is 0 Å². The van der Waals surface area contributed by atoms with Crippen LogP contribution in [0.1, 0.15) is 33.4 Å². The Hall–Kier alpha value is -3.78. The van der Waals surface area contributed by atoms with E-state index in [1.54, 1.807) is 59.8 Å². The van der Waals surface area contributed by atoms with Crippen LogP contribution in [0.5, 0.6) is 0 Å². The molecule has 1 aliphatic heterocycles. The number of aliphatic hydroxyl groups is 1. The lowest BCUT2D eigenvalue weighted by Gasteiger charge is -2.17. The van der Waals surface area contributed by atoms with Crippen molar-refractivity contribution in [1.82, 2.24) is 20.2 Å². The second-order valence-electron chi connectivity index (χ2n) is 6.94. The second kappa shape index (κ2) is 8.71. The number of nitrogens with one attached hydrogen (secondary N) is 2. The summed E-state index contributed by atoms with van der Waals surface area (Å²) in [7, 11) is 0. The van der Waals surface area contributed by atoms with Gasteiger partial charge in [-0.05, 0) is 48.0 Å². The van der Waals surface area contributed by atoms with Gasteiger partial charge in [0, 0.05) is 30.2 Å². The van der Waals surface area contributed by atoms with Crippen LogP contribution in [-0.4, -0.2) is 38.5 Å². The Labute approximate surface area is 173 Å². The van der Waals surface area contributed by atoms with Crippen LogP contribution in [0.4, 0.5) is 10.5 Å². The predicted octanol–water partition coefficient (Wildman–Crippen LogP) is 2.49. The van der Waals surface area contributed by atoms with Crippen LogP contribution in [0.15, 0.2) is 67.0 Å². The zero-order valence-corrected chi connectivity index (χ0v) is 16.2. The molecule has 0 radical (unpaired) electrons. The first-order valence-electron chi connectivity index (χ1n) is 9.55. The number of rotatable bonds is 5. The second-order valence-corrected chi connectivity index (χ2v) is 6.94. The summed E-state index contributed by atoms with van der Waals surface area (Å²) < 4.78 is 0. The normalized spacial score (nSPS) is 13.4. The quantitative estimate of drug-likeness (QED) is 0.607. The molecule has 8 heteroatoms. The topological polar surface area (TPSA) is 107 Å². The number of hydrogen-bond donors (Lipinski definition) is 3. The summed E-state index contributed by atoms with van der Waals surface area (Å²) in [5.41, 5.74) is 3.54. The molecule has 3 aromatic rings. The van der Waals surface area contributed by atoms with Crippen LogP contribution in [0.25, 0.3) is 0 Å². The third-order valence-corrected chi connectivity index (χ3v) is 4.90. The molecule has 1 aliphatic rings. The van der Waals surface area contributed by atoms with Crippen molar-refractivity contribution in [2.24, 2.45) is 0 Å². The van der Waals surface area contributed by atoms with Gasteiger partial charge in [-0.25, -0.2) is 4.79 Å². The van der Waals surface area contributed by atoms with E-state index in [0.29, 0.717) is 30.0 Å². The Morgan fingerprint density at radius 1 is 1.00 bits per heavy atom. The van der Waals surface area contributed by atoms with Gasteiger partial charge in [-0.2, -0.15) is 0 Å². The molecule has 30 heavy (non-hydrogen) atoms. The highest BCUT2D eigenvalue weighted by atomic mass is 16.3. The van der Waals surface area contributed by atoms with E-state index in [-0.39, 0.29) is 18.5 Å². The number of fused-ring (bicyclic) bond motifs is 1. The highest BCUT2D eigenvalue weighted by molar-refractivity contribution is 5.95. The van der Waals surface area contributed by atoms with E-state index in [9.17, 15) is 14.7 Å². The molecular formula is C22H21N5O3. The average molecular weight is 403 g/mol. The van der Waals surface area contributed by atoms with Crippen molar-refractivity contribution in [2.45, 2.75) is 19.1 Å². The monoisotopic (exact) mass is 403 g/mol. The Morgan fingerprint density at radius 2 is 1.80 bits per heavy atom. The fraction of sp³-hybridized carbons (Fsp3) is 0.182. The summed E-state index contributed by atoms with van der Waals surface area (Å²) in [5.74, 6) is -0.335. The SMILES string of the molecule is O=C(NC(CO)c1ccccn1)c1ccc(NC(=O)N2Cc3cccnc3C2)cc1. The number of urea groups is 1. The minimum Gasteiger partial charge on any atom is -0.394 e. The predicted molar refractivity (Wildman–Crippen MR) is 110 cm³/mol. The summed E-state index contributed by atoms with van der Waals surface area (Å²) in [5, 5.41) is 15.2. The largest absolute Gasteiger partial charge is 0.394 e. The number of carbonyl (C=O) groups excluding carboxylic acids is 2. The lowest BCUT2D eigenvalue weighted by atomic mass is 10.1. The van der Waals surface area contributed by atoms with Gasteiger partial charge in [0.2, 0.25) is 0 Å². The molecule has 8 nitrogen and oxygen atoms in total. The fourth-order valence-electron chi connectivity index (χ4n) is 3.29. The molecule has 1 aromatic carbocycles. The molecule has 4 rings (SSSR count). The summed E-state index contributed by atoms with van der Waals surface area (Å²) >= 11 is 0. The van der Waals surface area contributed by atoms with Crippen LogP contribution >= 0.6 is 0 Å². The minimum absolute atomic E-state index is 0.222. The van der Waals surface area contributed by atoms with Crippen molar-refractivity contribution in [3.05, 3.63) is 89.5 Å². The molecule has 1 atom stereocenters. The first kappa shape index (κ1) is 19.5. The maximum atomic E-state index is 12.5. The maximum absolute atomic E-state index is 12.5. The number of nitrogens with zero attached hydrogens (tertiary/aromatic N) is 3. The Morgan fingerprint density at radius 3 is 2.50 bits per heavy atom. The molecule has 3 heterocycles. The number of carbonyl (C=O) groups is 2. The first-order chi connectivity index (χ1) is 14.6. The summed E-state index contributed by atoms with van der Waals surface area (Å²) in [6.45, 7) is 0.730. The highest BCUT2D eigenvalue weighted by Crippen LogP contribution is 2.21. The van der Waals surface area contributed by atoms with Gasteiger partial charge < -0.3 is 20.6 Å². The Kier molecular flexibility index (Phi) is 5.67. The van der Waals surface area contributed by atoms with E-state index in [0.717, 1.165) is 11.3 Å². The lowest BCUT2D eigenvalue weighted by Crippen LogP contribution is -2.31. The molecule has 0 saturated heterocycles. The highest BCUT2D eigenvalue weighted by Gasteiger charge is 2.24. The standard InChI is InChI=1S/C22H21N5O3/c28-14-20(18-5-1-2-10-23-18)26-21(29)15-6-8-17(9-7-15)25-22(30)27-12-16-4-3-11-24-19(16)13-27/h1-11,20,28H,12-14H2,(H,25,30)(H,26,29). The molecule has 0 fully saturated rings. The number of anilines is 1. The summed E-state index contributed by atoms with van der Waals surface area (Å²) in [6.07, 6.45) is 3.33. The zero-order chi connectivity index (χ0) is 20.9. The van der Waals surface area contributed by atoms with E-state index in [2.05, 4.69) is 20.6 Å². The number of aromatic nitrogens is 2. The molecule has 0 saturated carbocycles. The van der Waals surface area contributed by atoms with Gasteiger partial charge in [-0.15, -0.1) is 0 Å². The molecule has 1 unspecified atom stereocenters. The van der Waals surface area contributed by atoms with Crippen molar-refractivity contribution >= 4 is 17.6 Å². The van der Waals surface area contributed by atoms with Gasteiger partial charge in [0.25, 0.3) is 5.91 Å². The van der Waals surface area contributed by atoms with Crippen molar-refractivity contribution in [3.8, 4) is 0 Å². The number of amides is 3. The van der Waals surface area contributed by atoms with E-state index in [4.69, 9.17) is 0 Å². The number of aliphatic hydroxyl groups excluding tert-OH is 1. The van der Waals surface area contributed by atoms with Crippen molar-refractivity contribution in [1.29, 1.82) is 0 Å². The van der Waals surface area contributed by atoms with Crippen molar-refractivity contribution in [2.75, 3.05) is 11.9 Å². The van der Waals surface area contributed by atoms with E-state index >= 15 is 0 Å². The van der Waals surface area contributed by atoms with Crippen LogP contribution in [0.2, 0.25) is 0 Å². The first-order valence-corrected chi connectivity index (χ1v) is 9.55. The number of pyridine rings is 2. The zero-order valence-electron chi connectivity index (χ0n) is 16.2. The van der Waals surface area contributed by atoms with E-state index in [1.807, 2.05) is 12.1 Å². The van der Waals surface area contributed by atoms with Gasteiger partial charge in [-0.1, -0.05) is 12.1 Å². The lowest BCUT2D eigenvalue weighted by molar-refractivity contribution is 0.0914. The van der Waals surface area contributed by atoms with Gasteiger partial charge in [0.1, 0.15) is 0 Å². The molecule has 3 N–H and O–H groups in total. The minimum atomic E-state index is -0.594. The Balaban J connectivity index is 1.36. The number of benzene rings is 1. The third-order valence-electron chi connectivity index (χ3n) is 4.90. The Bertz CT molecular complexity index is 1020. The van der Waals surface area contributed by atoms with Gasteiger partial charge in [0.15, 0.2) is 0 Å². The summed E-state index contributed by atoms with van der Waals surface area (Å²) in [4.78, 5) is 35.2. The molecule has 0 bridgehead atoms. The summed E-state index contributed by atoms with van der Waals surface area (Å²) in [6, 6.07) is 14.9. The molecule has 0 aliphatic carbocycles. The average Bonchev–Trinajstić information content (AvgIpc) is 3.23.